The Morgan fingerprint density at radius 2 is 1.92 bits per heavy atom. The van der Waals surface area contributed by atoms with E-state index in [4.69, 9.17) is 4.74 Å². The lowest BCUT2D eigenvalue weighted by Crippen LogP contribution is -2.14. The number of benzene rings is 2. The van der Waals surface area contributed by atoms with Crippen LogP contribution in [0.4, 0.5) is 5.69 Å². The van der Waals surface area contributed by atoms with Gasteiger partial charge in [0.2, 0.25) is 0 Å². The molecule has 128 valence electrons. The van der Waals surface area contributed by atoms with Gasteiger partial charge in [0.25, 0.3) is 5.69 Å². The average Bonchev–Trinajstić information content (AvgIpc) is 2.93. The van der Waals surface area contributed by atoms with Gasteiger partial charge in [0.1, 0.15) is 6.54 Å². The van der Waals surface area contributed by atoms with E-state index < -0.39 is 4.92 Å². The number of rotatable bonds is 6. The first-order valence-corrected chi connectivity index (χ1v) is 7.92. The molecule has 7 heteroatoms. The summed E-state index contributed by atoms with van der Waals surface area (Å²) in [5.74, 6) is -0.336. The van der Waals surface area contributed by atoms with Crippen LogP contribution < -0.4 is 0 Å². The van der Waals surface area contributed by atoms with E-state index in [0.29, 0.717) is 13.0 Å². The molecule has 0 unspecified atom stereocenters. The van der Waals surface area contributed by atoms with E-state index in [2.05, 4.69) is 5.10 Å². The van der Waals surface area contributed by atoms with Gasteiger partial charge in [0, 0.05) is 23.9 Å². The molecule has 2 aromatic carbocycles. The van der Waals surface area contributed by atoms with Crippen molar-refractivity contribution in [3.05, 3.63) is 69.9 Å². The highest BCUT2D eigenvalue weighted by Crippen LogP contribution is 2.22. The van der Waals surface area contributed by atoms with Crippen LogP contribution in [-0.2, 0) is 22.5 Å². The van der Waals surface area contributed by atoms with Gasteiger partial charge in [-0.25, -0.2) is 0 Å². The van der Waals surface area contributed by atoms with Crippen LogP contribution in [0.2, 0.25) is 0 Å². The second-order valence-corrected chi connectivity index (χ2v) is 5.53. The minimum Gasteiger partial charge on any atom is -0.465 e. The second kappa shape index (κ2) is 7.12. The van der Waals surface area contributed by atoms with Crippen LogP contribution in [-0.4, -0.2) is 27.3 Å². The summed E-state index contributed by atoms with van der Waals surface area (Å²) in [6.07, 6.45) is 0.522. The Morgan fingerprint density at radius 3 is 2.60 bits per heavy atom. The van der Waals surface area contributed by atoms with Crippen LogP contribution in [0, 0.1) is 10.1 Å². The molecule has 0 bridgehead atoms. The summed E-state index contributed by atoms with van der Waals surface area (Å²) >= 11 is 0. The lowest BCUT2D eigenvalue weighted by Gasteiger charge is -2.03. The summed E-state index contributed by atoms with van der Waals surface area (Å²) in [6.45, 7) is 2.14. The summed E-state index contributed by atoms with van der Waals surface area (Å²) < 4.78 is 6.63. The molecule has 3 aromatic rings. The van der Waals surface area contributed by atoms with Crippen molar-refractivity contribution in [1.82, 2.24) is 9.78 Å². The van der Waals surface area contributed by atoms with Crippen LogP contribution >= 0.6 is 0 Å². The van der Waals surface area contributed by atoms with Gasteiger partial charge >= 0.3 is 5.97 Å². The SMILES string of the molecule is CCOC(=O)Cn1nc(Cc2ccc([N+](=O)[O-])cc2)c2ccccc21. The topological polar surface area (TPSA) is 87.3 Å². The molecule has 0 spiro atoms. The predicted molar refractivity (Wildman–Crippen MR) is 92.3 cm³/mol. The predicted octanol–water partition coefficient (Wildman–Crippen LogP) is 3.10. The van der Waals surface area contributed by atoms with Gasteiger partial charge < -0.3 is 4.74 Å². The molecule has 7 nitrogen and oxygen atoms in total. The molecule has 1 aromatic heterocycles. The lowest BCUT2D eigenvalue weighted by molar-refractivity contribution is -0.384. The maximum atomic E-state index is 11.8. The number of hydrogen-bond donors (Lipinski definition) is 0. The van der Waals surface area contributed by atoms with Crippen molar-refractivity contribution in [2.75, 3.05) is 6.61 Å². The van der Waals surface area contributed by atoms with Crippen molar-refractivity contribution in [1.29, 1.82) is 0 Å². The number of fused-ring (bicyclic) bond motifs is 1. The molecule has 0 N–H and O–H groups in total. The highest BCUT2D eigenvalue weighted by Gasteiger charge is 2.14. The second-order valence-electron chi connectivity index (χ2n) is 5.53. The minimum atomic E-state index is -0.423. The minimum absolute atomic E-state index is 0.0502. The summed E-state index contributed by atoms with van der Waals surface area (Å²) in [5.41, 5.74) is 2.64. The number of ether oxygens (including phenoxy) is 1. The van der Waals surface area contributed by atoms with Crippen molar-refractivity contribution >= 4 is 22.6 Å². The van der Waals surface area contributed by atoms with Gasteiger partial charge in [-0.2, -0.15) is 5.10 Å². The smallest absolute Gasteiger partial charge is 0.327 e. The molecule has 0 aliphatic heterocycles. The molecular weight excluding hydrogens is 322 g/mol. The molecule has 0 radical (unpaired) electrons. The van der Waals surface area contributed by atoms with E-state index in [1.807, 2.05) is 24.3 Å². The fraction of sp³-hybridized carbons (Fsp3) is 0.222. The van der Waals surface area contributed by atoms with Crippen molar-refractivity contribution in [2.45, 2.75) is 19.9 Å². The van der Waals surface area contributed by atoms with Gasteiger partial charge in [0.05, 0.1) is 22.7 Å². The van der Waals surface area contributed by atoms with Crippen LogP contribution in [0.15, 0.2) is 48.5 Å². The molecule has 3 rings (SSSR count). The van der Waals surface area contributed by atoms with Gasteiger partial charge in [-0.3, -0.25) is 19.6 Å². The Bertz CT molecular complexity index is 916. The van der Waals surface area contributed by atoms with Gasteiger partial charge in [-0.1, -0.05) is 30.3 Å². The Kier molecular flexibility index (Phi) is 4.74. The molecule has 0 aliphatic carbocycles. The highest BCUT2D eigenvalue weighted by molar-refractivity contribution is 5.83. The molecule has 0 saturated carbocycles. The van der Waals surface area contributed by atoms with E-state index in [9.17, 15) is 14.9 Å². The Balaban J connectivity index is 1.90. The zero-order valence-electron chi connectivity index (χ0n) is 13.7. The Hall–Kier alpha value is -3.22. The third kappa shape index (κ3) is 3.65. The van der Waals surface area contributed by atoms with Crippen molar-refractivity contribution in [3.8, 4) is 0 Å². The first kappa shape index (κ1) is 16.6. The molecule has 1 heterocycles. The number of nitrogens with zero attached hydrogens (tertiary/aromatic N) is 3. The maximum absolute atomic E-state index is 11.8. The van der Waals surface area contributed by atoms with Gasteiger partial charge in [0.15, 0.2) is 0 Å². The van der Waals surface area contributed by atoms with Crippen molar-refractivity contribution < 1.29 is 14.5 Å². The molecule has 0 aliphatic rings. The van der Waals surface area contributed by atoms with E-state index in [-0.39, 0.29) is 18.2 Å². The molecular formula is C18H17N3O4. The fourth-order valence-electron chi connectivity index (χ4n) is 2.71. The summed E-state index contributed by atoms with van der Waals surface area (Å²) in [6, 6.07) is 14.1. The lowest BCUT2D eigenvalue weighted by atomic mass is 10.1. The first-order chi connectivity index (χ1) is 12.1. The first-order valence-electron chi connectivity index (χ1n) is 7.92. The van der Waals surface area contributed by atoms with E-state index in [1.54, 1.807) is 23.7 Å². The quantitative estimate of drug-likeness (QED) is 0.391. The van der Waals surface area contributed by atoms with Crippen LogP contribution in [0.5, 0.6) is 0 Å². The summed E-state index contributed by atoms with van der Waals surface area (Å²) in [7, 11) is 0. The summed E-state index contributed by atoms with van der Waals surface area (Å²) in [5, 5.41) is 16.2. The number of para-hydroxylation sites is 1. The van der Waals surface area contributed by atoms with Crippen molar-refractivity contribution in [3.63, 3.8) is 0 Å². The molecule has 0 atom stereocenters. The van der Waals surface area contributed by atoms with Crippen LogP contribution in [0.25, 0.3) is 10.9 Å². The van der Waals surface area contributed by atoms with Crippen LogP contribution in [0.1, 0.15) is 18.2 Å². The summed E-state index contributed by atoms with van der Waals surface area (Å²) in [4.78, 5) is 22.1. The molecule has 0 fully saturated rings. The highest BCUT2D eigenvalue weighted by atomic mass is 16.6. The number of carbonyl (C=O) groups is 1. The standard InChI is InChI=1S/C18H17N3O4/c1-2-25-18(22)12-20-17-6-4-3-5-15(17)16(19-20)11-13-7-9-14(10-8-13)21(23)24/h3-10H,2,11-12H2,1H3. The van der Waals surface area contributed by atoms with Gasteiger partial charge in [-0.05, 0) is 18.6 Å². The molecule has 25 heavy (non-hydrogen) atoms. The van der Waals surface area contributed by atoms with Crippen molar-refractivity contribution in [2.24, 2.45) is 0 Å². The third-order valence-corrected chi connectivity index (χ3v) is 3.84. The Morgan fingerprint density at radius 1 is 1.20 bits per heavy atom. The fourth-order valence-corrected chi connectivity index (χ4v) is 2.71. The maximum Gasteiger partial charge on any atom is 0.327 e. The number of aromatic nitrogens is 2. The van der Waals surface area contributed by atoms with Crippen LogP contribution in [0.3, 0.4) is 0 Å². The number of hydrogen-bond acceptors (Lipinski definition) is 5. The monoisotopic (exact) mass is 339 g/mol. The average molecular weight is 339 g/mol. The normalized spacial score (nSPS) is 10.8. The van der Waals surface area contributed by atoms with E-state index in [0.717, 1.165) is 22.2 Å². The number of non-ortho nitro benzene ring substituents is 1. The largest absolute Gasteiger partial charge is 0.465 e. The number of esters is 1. The number of nitro benzene ring substituents is 1. The van der Waals surface area contributed by atoms with E-state index in [1.165, 1.54) is 12.1 Å². The molecule has 0 saturated heterocycles. The third-order valence-electron chi connectivity index (χ3n) is 3.84. The van der Waals surface area contributed by atoms with Gasteiger partial charge in [-0.15, -0.1) is 0 Å². The zero-order chi connectivity index (χ0) is 17.8. The molecule has 0 amide bonds. The number of carbonyl (C=O) groups excluding carboxylic acids is 1. The zero-order valence-corrected chi connectivity index (χ0v) is 13.7. The van der Waals surface area contributed by atoms with E-state index >= 15 is 0 Å². The number of nitro groups is 1. The Labute approximate surface area is 144 Å².